The van der Waals surface area contributed by atoms with Crippen LogP contribution < -0.4 is 4.90 Å². The first-order chi connectivity index (χ1) is 7.79. The lowest BCUT2D eigenvalue weighted by Crippen LogP contribution is -2.20. The summed E-state index contributed by atoms with van der Waals surface area (Å²) >= 11 is 0. The van der Waals surface area contributed by atoms with E-state index in [1.165, 1.54) is 0 Å². The average Bonchev–Trinajstić information content (AvgIpc) is 2.34. The van der Waals surface area contributed by atoms with Crippen molar-refractivity contribution in [2.45, 2.75) is 13.3 Å². The third kappa shape index (κ3) is 3.56. The Kier molecular flexibility index (Phi) is 5.38. The van der Waals surface area contributed by atoms with Crippen LogP contribution in [0.15, 0.2) is 24.3 Å². The van der Waals surface area contributed by atoms with E-state index in [-0.39, 0.29) is 0 Å². The predicted molar refractivity (Wildman–Crippen MR) is 65.5 cm³/mol. The van der Waals surface area contributed by atoms with Crippen LogP contribution >= 0.6 is 0 Å². The van der Waals surface area contributed by atoms with E-state index in [1.54, 1.807) is 0 Å². The molecule has 1 aromatic carbocycles. The smallest absolute Gasteiger partial charge is 0.101 e. The number of ether oxygens (including phenoxy) is 1. The van der Waals surface area contributed by atoms with Gasteiger partial charge < -0.3 is 9.64 Å². The van der Waals surface area contributed by atoms with Crippen molar-refractivity contribution < 1.29 is 4.74 Å². The molecule has 0 radical (unpaired) electrons. The Bertz CT molecular complexity index is 357. The van der Waals surface area contributed by atoms with Gasteiger partial charge in [-0.1, -0.05) is 12.1 Å². The van der Waals surface area contributed by atoms with E-state index in [0.717, 1.165) is 37.4 Å². The van der Waals surface area contributed by atoms with Gasteiger partial charge in [0.05, 0.1) is 11.3 Å². The molecule has 86 valence electrons. The lowest BCUT2D eigenvalue weighted by atomic mass is 10.2. The lowest BCUT2D eigenvalue weighted by molar-refractivity contribution is 0.146. The van der Waals surface area contributed by atoms with E-state index >= 15 is 0 Å². The minimum Gasteiger partial charge on any atom is -0.382 e. The fourth-order valence-electron chi connectivity index (χ4n) is 1.57. The maximum absolute atomic E-state index is 8.98. The second-order valence-corrected chi connectivity index (χ2v) is 3.60. The topological polar surface area (TPSA) is 36.3 Å². The van der Waals surface area contributed by atoms with Gasteiger partial charge in [0.2, 0.25) is 0 Å². The highest BCUT2D eigenvalue weighted by Gasteiger charge is 2.05. The number of nitrogens with zero attached hydrogens (tertiary/aromatic N) is 2. The summed E-state index contributed by atoms with van der Waals surface area (Å²) in [6, 6.07) is 9.86. The molecule has 0 amide bonds. The van der Waals surface area contributed by atoms with Gasteiger partial charge in [0, 0.05) is 26.8 Å². The van der Waals surface area contributed by atoms with Gasteiger partial charge in [-0.05, 0) is 25.5 Å². The minimum atomic E-state index is 0.724. The highest BCUT2D eigenvalue weighted by atomic mass is 16.5. The maximum Gasteiger partial charge on any atom is 0.101 e. The molecule has 0 aliphatic heterocycles. The SMILES string of the molecule is CCOCCCN(C)c1ccccc1C#N. The molecule has 0 atom stereocenters. The zero-order valence-corrected chi connectivity index (χ0v) is 9.94. The quantitative estimate of drug-likeness (QED) is 0.688. The highest BCUT2D eigenvalue weighted by Crippen LogP contribution is 2.17. The fraction of sp³-hybridized carbons (Fsp3) is 0.462. The minimum absolute atomic E-state index is 0.724. The lowest BCUT2D eigenvalue weighted by Gasteiger charge is -2.20. The monoisotopic (exact) mass is 218 g/mol. The van der Waals surface area contributed by atoms with Crippen molar-refractivity contribution in [3.8, 4) is 6.07 Å². The summed E-state index contributed by atoms with van der Waals surface area (Å²) in [6.07, 6.45) is 0.976. The summed E-state index contributed by atoms with van der Waals surface area (Å²) < 4.78 is 5.28. The van der Waals surface area contributed by atoms with Gasteiger partial charge >= 0.3 is 0 Å². The molecular formula is C13H18N2O. The van der Waals surface area contributed by atoms with E-state index < -0.39 is 0 Å². The van der Waals surface area contributed by atoms with Crippen molar-refractivity contribution in [2.24, 2.45) is 0 Å². The molecule has 0 N–H and O–H groups in total. The normalized spacial score (nSPS) is 9.81. The number of hydrogen-bond donors (Lipinski definition) is 0. The maximum atomic E-state index is 8.98. The van der Waals surface area contributed by atoms with Gasteiger partial charge in [-0.2, -0.15) is 5.26 Å². The largest absolute Gasteiger partial charge is 0.382 e. The van der Waals surface area contributed by atoms with Gasteiger partial charge in [0.25, 0.3) is 0 Å². The summed E-state index contributed by atoms with van der Waals surface area (Å²) in [6.45, 7) is 4.43. The van der Waals surface area contributed by atoms with E-state index in [0.29, 0.717) is 0 Å². The number of anilines is 1. The number of nitriles is 1. The van der Waals surface area contributed by atoms with Crippen molar-refractivity contribution in [2.75, 3.05) is 31.7 Å². The van der Waals surface area contributed by atoms with Crippen LogP contribution in [0.4, 0.5) is 5.69 Å². The standard InChI is InChI=1S/C13H18N2O/c1-3-16-10-6-9-15(2)13-8-5-4-7-12(13)11-14/h4-5,7-8H,3,6,9-10H2,1-2H3. The second-order valence-electron chi connectivity index (χ2n) is 3.60. The Morgan fingerprint density at radius 3 is 2.81 bits per heavy atom. The summed E-state index contributed by atoms with van der Waals surface area (Å²) in [5, 5.41) is 8.98. The molecule has 3 nitrogen and oxygen atoms in total. The average molecular weight is 218 g/mol. The molecule has 3 heteroatoms. The van der Waals surface area contributed by atoms with Crippen LogP contribution in [0.2, 0.25) is 0 Å². The summed E-state index contributed by atoms with van der Waals surface area (Å²) in [5.41, 5.74) is 1.71. The van der Waals surface area contributed by atoms with E-state index in [4.69, 9.17) is 10.00 Å². The van der Waals surface area contributed by atoms with Crippen LogP contribution in [0.5, 0.6) is 0 Å². The van der Waals surface area contributed by atoms with Crippen molar-refractivity contribution in [3.63, 3.8) is 0 Å². The fourth-order valence-corrected chi connectivity index (χ4v) is 1.57. The van der Waals surface area contributed by atoms with E-state index in [9.17, 15) is 0 Å². The predicted octanol–water partition coefficient (Wildman–Crippen LogP) is 2.42. The molecule has 1 aromatic rings. The van der Waals surface area contributed by atoms with Crippen molar-refractivity contribution in [3.05, 3.63) is 29.8 Å². The summed E-state index contributed by atoms with van der Waals surface area (Å²) in [4.78, 5) is 2.09. The Morgan fingerprint density at radius 2 is 2.12 bits per heavy atom. The second kappa shape index (κ2) is 6.86. The first-order valence-corrected chi connectivity index (χ1v) is 5.57. The molecule has 0 heterocycles. The Balaban J connectivity index is 2.52. The van der Waals surface area contributed by atoms with E-state index in [1.807, 2.05) is 38.2 Å². The van der Waals surface area contributed by atoms with Gasteiger partial charge in [-0.25, -0.2) is 0 Å². The molecule has 16 heavy (non-hydrogen) atoms. The molecule has 0 bridgehead atoms. The summed E-state index contributed by atoms with van der Waals surface area (Å²) in [7, 11) is 2.00. The molecule has 0 unspecified atom stereocenters. The number of hydrogen-bond acceptors (Lipinski definition) is 3. The van der Waals surface area contributed by atoms with Gasteiger partial charge in [0.1, 0.15) is 6.07 Å². The molecule has 1 rings (SSSR count). The van der Waals surface area contributed by atoms with Crippen molar-refractivity contribution in [1.29, 1.82) is 5.26 Å². The Labute approximate surface area is 97.3 Å². The first kappa shape index (κ1) is 12.5. The molecule has 0 saturated heterocycles. The number of rotatable bonds is 6. The molecule has 0 aliphatic rings. The summed E-state index contributed by atoms with van der Waals surface area (Å²) in [5.74, 6) is 0. The van der Waals surface area contributed by atoms with Gasteiger partial charge in [-0.3, -0.25) is 0 Å². The van der Waals surface area contributed by atoms with Crippen LogP contribution in [-0.4, -0.2) is 26.8 Å². The highest BCUT2D eigenvalue weighted by molar-refractivity contribution is 5.58. The first-order valence-electron chi connectivity index (χ1n) is 5.57. The van der Waals surface area contributed by atoms with Crippen LogP contribution in [-0.2, 0) is 4.74 Å². The van der Waals surface area contributed by atoms with Crippen molar-refractivity contribution >= 4 is 5.69 Å². The molecule has 0 saturated carbocycles. The molecule has 0 aliphatic carbocycles. The number of para-hydroxylation sites is 1. The van der Waals surface area contributed by atoms with E-state index in [2.05, 4.69) is 11.0 Å². The van der Waals surface area contributed by atoms with Gasteiger partial charge in [0.15, 0.2) is 0 Å². The molecular weight excluding hydrogens is 200 g/mol. The zero-order chi connectivity index (χ0) is 11.8. The Morgan fingerprint density at radius 1 is 1.38 bits per heavy atom. The third-order valence-electron chi connectivity index (χ3n) is 2.42. The zero-order valence-electron chi connectivity index (χ0n) is 9.94. The molecule has 0 spiro atoms. The van der Waals surface area contributed by atoms with Crippen LogP contribution in [0.3, 0.4) is 0 Å². The third-order valence-corrected chi connectivity index (χ3v) is 2.42. The molecule has 0 aromatic heterocycles. The van der Waals surface area contributed by atoms with Gasteiger partial charge in [-0.15, -0.1) is 0 Å². The van der Waals surface area contributed by atoms with Crippen LogP contribution in [0.25, 0.3) is 0 Å². The Hall–Kier alpha value is -1.53. The van der Waals surface area contributed by atoms with Crippen LogP contribution in [0, 0.1) is 11.3 Å². The molecule has 0 fully saturated rings. The van der Waals surface area contributed by atoms with Crippen LogP contribution in [0.1, 0.15) is 18.9 Å². The van der Waals surface area contributed by atoms with Crippen molar-refractivity contribution in [1.82, 2.24) is 0 Å². The number of benzene rings is 1.